The molecule has 0 atom stereocenters. The Hall–Kier alpha value is -3.58. The number of nitro benzene ring substituents is 1. The average molecular weight is 632 g/mol. The Labute approximate surface area is 230 Å². The summed E-state index contributed by atoms with van der Waals surface area (Å²) in [6.07, 6.45) is 1.65. The molecule has 0 spiro atoms. The van der Waals surface area contributed by atoms with Crippen LogP contribution in [-0.4, -0.2) is 41.2 Å². The van der Waals surface area contributed by atoms with Gasteiger partial charge in [0.2, 0.25) is 0 Å². The minimum Gasteiger partial charge on any atom is -0.493 e. The quantitative estimate of drug-likeness (QED) is 0.118. The molecule has 37 heavy (non-hydrogen) atoms. The number of carbonyl (C=O) groups excluding carboxylic acids is 2. The van der Waals surface area contributed by atoms with Gasteiger partial charge in [-0.15, -0.1) is 0 Å². The first-order valence-electron chi connectivity index (χ1n) is 11.0. The Morgan fingerprint density at radius 3 is 2.46 bits per heavy atom. The van der Waals surface area contributed by atoms with Crippen molar-refractivity contribution in [1.82, 2.24) is 4.90 Å². The molecule has 1 fully saturated rings. The van der Waals surface area contributed by atoms with Crippen molar-refractivity contribution < 1.29 is 28.7 Å². The van der Waals surface area contributed by atoms with E-state index in [1.165, 1.54) is 24.1 Å². The normalized spacial score (nSPS) is 14.2. The number of methoxy groups -OCH3 is 1. The van der Waals surface area contributed by atoms with Crippen LogP contribution in [-0.2, 0) is 11.4 Å². The summed E-state index contributed by atoms with van der Waals surface area (Å²) in [7, 11) is 1.51. The number of amides is 2. The van der Waals surface area contributed by atoms with Crippen molar-refractivity contribution in [1.29, 1.82) is 0 Å². The first-order chi connectivity index (χ1) is 17.9. The molecule has 190 valence electrons. The molecule has 3 aromatic carbocycles. The summed E-state index contributed by atoms with van der Waals surface area (Å²) in [5.74, 6) is 1.25. The van der Waals surface area contributed by atoms with E-state index in [4.69, 9.17) is 14.2 Å². The van der Waals surface area contributed by atoms with Crippen LogP contribution in [0.3, 0.4) is 0 Å². The second-order valence-corrected chi connectivity index (χ2v) is 9.90. The van der Waals surface area contributed by atoms with Crippen LogP contribution in [0.25, 0.3) is 6.08 Å². The third-order valence-electron chi connectivity index (χ3n) is 5.28. The number of nitrogens with zero attached hydrogens (tertiary/aromatic N) is 2. The number of hydrogen-bond donors (Lipinski definition) is 0. The molecule has 0 saturated carbocycles. The van der Waals surface area contributed by atoms with E-state index in [0.717, 1.165) is 20.9 Å². The molecule has 2 amide bonds. The SMILES string of the molecule is COc1cc(/C=C2\SC(=O)N(CCOc3ccccc3)C2=O)cc(I)c1OCc1ccc([N+](=O)[O-])cc1. The van der Waals surface area contributed by atoms with Gasteiger partial charge in [0.15, 0.2) is 11.5 Å². The van der Waals surface area contributed by atoms with E-state index >= 15 is 0 Å². The van der Waals surface area contributed by atoms with E-state index in [2.05, 4.69) is 22.6 Å². The number of ether oxygens (including phenoxy) is 3. The zero-order chi connectivity index (χ0) is 26.4. The van der Waals surface area contributed by atoms with Gasteiger partial charge in [-0.1, -0.05) is 18.2 Å². The lowest BCUT2D eigenvalue weighted by atomic mass is 10.1. The van der Waals surface area contributed by atoms with Crippen LogP contribution in [0.4, 0.5) is 10.5 Å². The second kappa shape index (κ2) is 12.1. The van der Waals surface area contributed by atoms with Crippen LogP contribution in [0.15, 0.2) is 71.6 Å². The maximum absolute atomic E-state index is 12.9. The zero-order valence-corrected chi connectivity index (χ0v) is 22.6. The number of hydrogen-bond acceptors (Lipinski definition) is 8. The van der Waals surface area contributed by atoms with Crippen molar-refractivity contribution in [3.63, 3.8) is 0 Å². The Kier molecular flexibility index (Phi) is 8.66. The number of imide groups is 1. The van der Waals surface area contributed by atoms with Crippen LogP contribution < -0.4 is 14.2 Å². The maximum Gasteiger partial charge on any atom is 0.293 e. The van der Waals surface area contributed by atoms with Gasteiger partial charge in [-0.05, 0) is 88.0 Å². The lowest BCUT2D eigenvalue weighted by molar-refractivity contribution is -0.384. The largest absolute Gasteiger partial charge is 0.493 e. The van der Waals surface area contributed by atoms with Gasteiger partial charge in [-0.25, -0.2) is 0 Å². The standard InChI is InChI=1S/C26H21IN2O7S/c1-34-22-14-18(13-21(27)24(22)36-16-17-7-9-19(10-8-17)29(32)33)15-23-25(30)28(26(31)37-23)11-12-35-20-5-3-2-4-6-20/h2-10,13-15H,11-12,16H2,1H3/b23-15-. The highest BCUT2D eigenvalue weighted by Crippen LogP contribution is 2.37. The molecule has 1 heterocycles. The van der Waals surface area contributed by atoms with Crippen LogP contribution >= 0.6 is 34.4 Å². The molecule has 0 N–H and O–H groups in total. The van der Waals surface area contributed by atoms with Gasteiger partial charge in [0.05, 0.1) is 27.1 Å². The summed E-state index contributed by atoms with van der Waals surface area (Å²) in [6.45, 7) is 0.530. The van der Waals surface area contributed by atoms with Crippen molar-refractivity contribution in [2.45, 2.75) is 6.61 Å². The number of rotatable bonds is 10. The van der Waals surface area contributed by atoms with Crippen molar-refractivity contribution in [3.05, 3.63) is 96.4 Å². The summed E-state index contributed by atoms with van der Waals surface area (Å²) >= 11 is 2.98. The van der Waals surface area contributed by atoms with Crippen LogP contribution in [0.2, 0.25) is 0 Å². The van der Waals surface area contributed by atoms with Crippen LogP contribution in [0.5, 0.6) is 17.2 Å². The molecular weight excluding hydrogens is 611 g/mol. The number of benzene rings is 3. The Morgan fingerprint density at radius 1 is 1.05 bits per heavy atom. The molecule has 0 unspecified atom stereocenters. The lowest BCUT2D eigenvalue weighted by Crippen LogP contribution is -2.32. The third-order valence-corrected chi connectivity index (χ3v) is 6.99. The summed E-state index contributed by atoms with van der Waals surface area (Å²) in [5.41, 5.74) is 1.45. The van der Waals surface area contributed by atoms with Gasteiger partial charge in [-0.2, -0.15) is 0 Å². The van der Waals surface area contributed by atoms with Gasteiger partial charge < -0.3 is 14.2 Å². The minimum absolute atomic E-state index is 0.00778. The van der Waals surface area contributed by atoms with E-state index < -0.39 is 4.92 Å². The monoisotopic (exact) mass is 632 g/mol. The highest BCUT2D eigenvalue weighted by atomic mass is 127. The molecule has 11 heteroatoms. The van der Waals surface area contributed by atoms with Gasteiger partial charge in [-0.3, -0.25) is 24.6 Å². The van der Waals surface area contributed by atoms with Crippen LogP contribution in [0, 0.1) is 13.7 Å². The van der Waals surface area contributed by atoms with Gasteiger partial charge in [0.25, 0.3) is 16.8 Å². The van der Waals surface area contributed by atoms with Crippen LogP contribution in [0.1, 0.15) is 11.1 Å². The fraction of sp³-hybridized carbons (Fsp3) is 0.154. The number of halogens is 1. The number of para-hydroxylation sites is 1. The van der Waals surface area contributed by atoms with E-state index in [-0.39, 0.29) is 36.6 Å². The molecule has 1 aliphatic heterocycles. The fourth-order valence-corrected chi connectivity index (χ4v) is 5.09. The summed E-state index contributed by atoms with van der Waals surface area (Å²) in [5, 5.41) is 10.5. The predicted octanol–water partition coefficient (Wildman–Crippen LogP) is 5.90. The predicted molar refractivity (Wildman–Crippen MR) is 148 cm³/mol. The van der Waals surface area contributed by atoms with Crippen molar-refractivity contribution in [3.8, 4) is 17.2 Å². The lowest BCUT2D eigenvalue weighted by Gasteiger charge is -2.14. The molecule has 4 rings (SSSR count). The third kappa shape index (κ3) is 6.60. The molecule has 3 aromatic rings. The van der Waals surface area contributed by atoms with E-state index in [1.807, 2.05) is 36.4 Å². The van der Waals surface area contributed by atoms with E-state index in [1.54, 1.807) is 24.3 Å². The topological polar surface area (TPSA) is 108 Å². The first-order valence-corrected chi connectivity index (χ1v) is 12.9. The molecule has 9 nitrogen and oxygen atoms in total. The average Bonchev–Trinajstić information content (AvgIpc) is 3.16. The summed E-state index contributed by atoms with van der Waals surface area (Å²) in [4.78, 5) is 37.1. The molecular formula is C26H21IN2O7S. The van der Waals surface area contributed by atoms with E-state index in [9.17, 15) is 19.7 Å². The molecule has 0 aliphatic carbocycles. The number of thioether (sulfide) groups is 1. The summed E-state index contributed by atoms with van der Waals surface area (Å²) < 4.78 is 17.8. The van der Waals surface area contributed by atoms with Crippen molar-refractivity contribution in [2.24, 2.45) is 0 Å². The second-order valence-electron chi connectivity index (χ2n) is 7.74. The molecule has 1 saturated heterocycles. The van der Waals surface area contributed by atoms with E-state index in [0.29, 0.717) is 27.7 Å². The molecule has 1 aliphatic rings. The van der Waals surface area contributed by atoms with Crippen molar-refractivity contribution in [2.75, 3.05) is 20.3 Å². The highest BCUT2D eigenvalue weighted by Gasteiger charge is 2.35. The fourth-order valence-electron chi connectivity index (χ4n) is 3.45. The van der Waals surface area contributed by atoms with Gasteiger partial charge in [0, 0.05) is 12.1 Å². The maximum atomic E-state index is 12.9. The smallest absolute Gasteiger partial charge is 0.293 e. The highest BCUT2D eigenvalue weighted by molar-refractivity contribution is 14.1. The molecule has 0 aromatic heterocycles. The summed E-state index contributed by atoms with van der Waals surface area (Å²) in [6, 6.07) is 18.8. The van der Waals surface area contributed by atoms with Gasteiger partial charge >= 0.3 is 0 Å². The molecule has 0 bridgehead atoms. The number of nitro groups is 1. The minimum atomic E-state index is -0.456. The Morgan fingerprint density at radius 2 is 1.78 bits per heavy atom. The zero-order valence-electron chi connectivity index (χ0n) is 19.6. The Bertz CT molecular complexity index is 1350. The number of non-ortho nitro benzene ring substituents is 1. The van der Waals surface area contributed by atoms with Crippen molar-refractivity contribution >= 4 is 57.3 Å². The van der Waals surface area contributed by atoms with Gasteiger partial charge in [0.1, 0.15) is 19.0 Å². The first kappa shape index (κ1) is 26.5. The number of carbonyl (C=O) groups is 2. The molecule has 0 radical (unpaired) electrons. The Balaban J connectivity index is 1.43.